The predicted molar refractivity (Wildman–Crippen MR) is 69.8 cm³/mol. The van der Waals surface area contributed by atoms with Crippen LogP contribution in [0.15, 0.2) is 53.7 Å². The fourth-order valence-electron chi connectivity index (χ4n) is 1.58. The van der Waals surface area contributed by atoms with E-state index in [1.807, 2.05) is 30.3 Å². The lowest BCUT2D eigenvalue weighted by molar-refractivity contribution is 0.269. The Balaban J connectivity index is 2.19. The van der Waals surface area contributed by atoms with E-state index >= 15 is 0 Å². The molecular weight excluding hydrogens is 228 g/mol. The Hall–Kier alpha value is -2.20. The first-order chi connectivity index (χ1) is 8.81. The quantitative estimate of drug-likeness (QED) is 0.805. The summed E-state index contributed by atoms with van der Waals surface area (Å²) in [4.78, 5) is 8.24. The van der Waals surface area contributed by atoms with Gasteiger partial charge < -0.3 is 10.2 Å². The molecule has 0 saturated carbocycles. The molecular formula is C14H14N2O2. The number of aliphatic hydroxyl groups excluding tert-OH is 1. The number of aliphatic imine (C=N–C) groups is 1. The van der Waals surface area contributed by atoms with Gasteiger partial charge in [0.15, 0.2) is 0 Å². The molecule has 1 aromatic carbocycles. The first-order valence-corrected chi connectivity index (χ1v) is 5.64. The molecule has 2 N–H and O–H groups in total. The highest BCUT2D eigenvalue weighted by Gasteiger charge is 2.07. The van der Waals surface area contributed by atoms with Gasteiger partial charge >= 0.3 is 0 Å². The maximum atomic E-state index is 9.55. The Labute approximate surface area is 105 Å². The van der Waals surface area contributed by atoms with Gasteiger partial charge in [-0.05, 0) is 17.7 Å². The smallest absolute Gasteiger partial charge is 0.142 e. The summed E-state index contributed by atoms with van der Waals surface area (Å²) in [7, 11) is 0. The van der Waals surface area contributed by atoms with Crippen LogP contribution in [-0.4, -0.2) is 28.0 Å². The van der Waals surface area contributed by atoms with Crippen LogP contribution in [0.1, 0.15) is 17.3 Å². The monoisotopic (exact) mass is 242 g/mol. The summed E-state index contributed by atoms with van der Waals surface area (Å²) in [5, 5.41) is 18.9. The molecule has 1 aromatic heterocycles. The topological polar surface area (TPSA) is 65.7 Å². The highest BCUT2D eigenvalue weighted by molar-refractivity contribution is 5.80. The third-order valence-electron chi connectivity index (χ3n) is 2.55. The van der Waals surface area contributed by atoms with Gasteiger partial charge in [-0.2, -0.15) is 0 Å². The summed E-state index contributed by atoms with van der Waals surface area (Å²) in [5.74, 6) is 0.0750. The lowest BCUT2D eigenvalue weighted by atomic mass is 10.1. The molecule has 2 rings (SSSR count). The molecule has 2 aromatic rings. The van der Waals surface area contributed by atoms with Crippen LogP contribution < -0.4 is 0 Å². The lowest BCUT2D eigenvalue weighted by Crippen LogP contribution is -2.02. The third kappa shape index (κ3) is 2.93. The molecule has 18 heavy (non-hydrogen) atoms. The van der Waals surface area contributed by atoms with Crippen LogP contribution in [0, 0.1) is 0 Å². The number of aliphatic hydroxyl groups is 1. The second-order valence-corrected chi connectivity index (χ2v) is 3.79. The van der Waals surface area contributed by atoms with E-state index in [1.165, 1.54) is 6.21 Å². The summed E-state index contributed by atoms with van der Waals surface area (Å²) in [6, 6.07) is 12.3. The van der Waals surface area contributed by atoms with Gasteiger partial charge in [0.25, 0.3) is 0 Å². The van der Waals surface area contributed by atoms with Gasteiger partial charge in [0.2, 0.25) is 0 Å². The molecule has 0 radical (unpaired) electrons. The largest absolute Gasteiger partial charge is 0.506 e. The highest BCUT2D eigenvalue weighted by Crippen LogP contribution is 2.17. The van der Waals surface area contributed by atoms with Crippen LogP contribution in [0.5, 0.6) is 5.75 Å². The Morgan fingerprint density at radius 1 is 1.17 bits per heavy atom. The predicted octanol–water partition coefficient (Wildman–Crippen LogP) is 1.94. The van der Waals surface area contributed by atoms with Crippen molar-refractivity contribution < 1.29 is 10.2 Å². The van der Waals surface area contributed by atoms with Crippen molar-refractivity contribution in [2.24, 2.45) is 4.99 Å². The molecule has 92 valence electrons. The van der Waals surface area contributed by atoms with Crippen molar-refractivity contribution >= 4 is 6.21 Å². The normalized spacial score (nSPS) is 12.7. The van der Waals surface area contributed by atoms with Crippen LogP contribution in [0.3, 0.4) is 0 Å². The van der Waals surface area contributed by atoms with Crippen LogP contribution in [-0.2, 0) is 0 Å². The minimum atomic E-state index is -0.340. The number of nitrogens with zero attached hydrogens (tertiary/aromatic N) is 2. The van der Waals surface area contributed by atoms with E-state index in [9.17, 15) is 10.2 Å². The number of hydrogen-bond acceptors (Lipinski definition) is 4. The van der Waals surface area contributed by atoms with Crippen molar-refractivity contribution in [1.82, 2.24) is 4.98 Å². The standard InChI is InChI=1S/C14H14N2O2/c17-10-13(11-5-2-1-3-6-11)16-9-12-14(18)7-4-8-15-12/h1-9,13,17-18H,10H2. The van der Waals surface area contributed by atoms with Crippen LogP contribution in [0.2, 0.25) is 0 Å². The minimum absolute atomic E-state index is 0.0750. The average molecular weight is 242 g/mol. The second-order valence-electron chi connectivity index (χ2n) is 3.79. The van der Waals surface area contributed by atoms with E-state index in [0.717, 1.165) is 5.56 Å². The van der Waals surface area contributed by atoms with Crippen molar-refractivity contribution in [1.29, 1.82) is 0 Å². The maximum absolute atomic E-state index is 9.55. The van der Waals surface area contributed by atoms with E-state index in [4.69, 9.17) is 0 Å². The first-order valence-electron chi connectivity index (χ1n) is 5.64. The summed E-state index contributed by atoms with van der Waals surface area (Å²) in [6.45, 7) is -0.0892. The van der Waals surface area contributed by atoms with E-state index < -0.39 is 0 Å². The van der Waals surface area contributed by atoms with Gasteiger partial charge in [-0.1, -0.05) is 30.3 Å². The second kappa shape index (κ2) is 5.93. The molecule has 0 aliphatic carbocycles. The van der Waals surface area contributed by atoms with E-state index in [0.29, 0.717) is 5.69 Å². The molecule has 0 spiro atoms. The molecule has 0 aliphatic rings. The number of hydrogen-bond donors (Lipinski definition) is 2. The van der Waals surface area contributed by atoms with Crippen LogP contribution in [0.4, 0.5) is 0 Å². The Morgan fingerprint density at radius 2 is 1.94 bits per heavy atom. The fourth-order valence-corrected chi connectivity index (χ4v) is 1.58. The van der Waals surface area contributed by atoms with E-state index in [2.05, 4.69) is 9.98 Å². The molecule has 0 amide bonds. The third-order valence-corrected chi connectivity index (χ3v) is 2.55. The molecule has 1 heterocycles. The van der Waals surface area contributed by atoms with Gasteiger partial charge in [-0.25, -0.2) is 0 Å². The Kier molecular flexibility index (Phi) is 4.04. The number of pyridine rings is 1. The summed E-state index contributed by atoms with van der Waals surface area (Å²) >= 11 is 0. The molecule has 4 heteroatoms. The first kappa shape index (κ1) is 12.3. The van der Waals surface area contributed by atoms with Gasteiger partial charge in [0.1, 0.15) is 11.4 Å². The molecule has 1 unspecified atom stereocenters. The number of rotatable bonds is 4. The summed E-state index contributed by atoms with van der Waals surface area (Å²) in [6.07, 6.45) is 3.06. The molecule has 0 aliphatic heterocycles. The number of aromatic nitrogens is 1. The van der Waals surface area contributed by atoms with Crippen molar-refractivity contribution in [2.75, 3.05) is 6.61 Å². The van der Waals surface area contributed by atoms with E-state index in [-0.39, 0.29) is 18.4 Å². The zero-order valence-corrected chi connectivity index (χ0v) is 9.77. The van der Waals surface area contributed by atoms with Gasteiger partial charge in [0, 0.05) is 6.20 Å². The Morgan fingerprint density at radius 3 is 2.61 bits per heavy atom. The molecule has 0 fully saturated rings. The average Bonchev–Trinajstić information content (AvgIpc) is 2.42. The zero-order chi connectivity index (χ0) is 12.8. The van der Waals surface area contributed by atoms with Crippen molar-refractivity contribution in [2.45, 2.75) is 6.04 Å². The molecule has 1 atom stereocenters. The van der Waals surface area contributed by atoms with E-state index in [1.54, 1.807) is 18.3 Å². The number of benzene rings is 1. The fraction of sp³-hybridized carbons (Fsp3) is 0.143. The van der Waals surface area contributed by atoms with Gasteiger partial charge in [0.05, 0.1) is 18.9 Å². The summed E-state index contributed by atoms with van der Waals surface area (Å²) < 4.78 is 0. The lowest BCUT2D eigenvalue weighted by Gasteiger charge is -2.08. The van der Waals surface area contributed by atoms with Crippen LogP contribution in [0.25, 0.3) is 0 Å². The SMILES string of the molecule is OCC(N=Cc1ncccc1O)c1ccccc1. The molecule has 0 bridgehead atoms. The highest BCUT2D eigenvalue weighted by atomic mass is 16.3. The zero-order valence-electron chi connectivity index (χ0n) is 9.77. The minimum Gasteiger partial charge on any atom is -0.506 e. The maximum Gasteiger partial charge on any atom is 0.142 e. The van der Waals surface area contributed by atoms with Gasteiger partial charge in [-0.3, -0.25) is 9.98 Å². The van der Waals surface area contributed by atoms with Gasteiger partial charge in [-0.15, -0.1) is 0 Å². The molecule has 4 nitrogen and oxygen atoms in total. The summed E-state index contributed by atoms with van der Waals surface area (Å²) in [5.41, 5.74) is 1.32. The van der Waals surface area contributed by atoms with Crippen molar-refractivity contribution in [3.05, 3.63) is 59.9 Å². The van der Waals surface area contributed by atoms with Crippen molar-refractivity contribution in [3.63, 3.8) is 0 Å². The Bertz CT molecular complexity index is 526. The molecule has 0 saturated heterocycles. The van der Waals surface area contributed by atoms with Crippen molar-refractivity contribution in [3.8, 4) is 5.75 Å². The number of aromatic hydroxyl groups is 1. The van der Waals surface area contributed by atoms with Crippen LogP contribution >= 0.6 is 0 Å².